The Hall–Kier alpha value is -2.25. The molecule has 2 fully saturated rings. The first-order valence-electron chi connectivity index (χ1n) is 21.7. The molecule has 326 valence electrons. The zero-order chi connectivity index (χ0) is 43.0. The minimum Gasteiger partial charge on any atom is -0.458 e. The predicted molar refractivity (Wildman–Crippen MR) is 220 cm³/mol. The monoisotopic (exact) mass is 805 g/mol. The Balaban J connectivity index is 2.02. The van der Waals surface area contributed by atoms with Crippen LogP contribution < -0.4 is 0 Å². The molecule has 3 aliphatic heterocycles. The third-order valence-corrected chi connectivity index (χ3v) is 13.6. The van der Waals surface area contributed by atoms with Crippen molar-refractivity contribution < 1.29 is 54.1 Å². The van der Waals surface area contributed by atoms with Crippen LogP contribution in [0.4, 0.5) is 0 Å². The van der Waals surface area contributed by atoms with E-state index in [1.165, 1.54) is 32.9 Å². The molecule has 0 amide bonds. The quantitative estimate of drug-likeness (QED) is 0.202. The standard InChI is InChI=1S/C46H76O11/c1-12-34-18-16-14-15-17-28(5)43(52)45(11,54)44(53)33(10)41(51)32(9)40(50)31(8)39(49)27(4)19-22-38(48)55-42-30(7)36(21-20-34)56-46(35(42)13-2)24-23-26(3)37(57-46)25-29(6)47/h14-16,18-19,22,26-37,39,41-43,47,49,51-52,54H,12-13,17,20-21,23-25H2,1-11H3/b15-14+,18-16+,22-19+/t26-,27-,28+,29+,30+,31-,32-,33-,34-,35-,36-,37?,39+,41+,42+,43-,45+,46?/m1/s1. The molecule has 3 aliphatic rings. The largest absolute Gasteiger partial charge is 0.458 e. The van der Waals surface area contributed by atoms with Gasteiger partial charge in [-0.1, -0.05) is 92.7 Å². The van der Waals surface area contributed by atoms with Crippen LogP contribution in [-0.4, -0.2) is 97.2 Å². The second-order valence-corrected chi connectivity index (χ2v) is 18.2. The van der Waals surface area contributed by atoms with Gasteiger partial charge in [-0.2, -0.15) is 0 Å². The fourth-order valence-electron chi connectivity index (χ4n) is 9.37. The second kappa shape index (κ2) is 21.3. The summed E-state index contributed by atoms with van der Waals surface area (Å²) in [7, 11) is 0. The van der Waals surface area contributed by atoms with Gasteiger partial charge in [0, 0.05) is 42.1 Å². The van der Waals surface area contributed by atoms with Crippen LogP contribution in [0.3, 0.4) is 0 Å². The molecular weight excluding hydrogens is 728 g/mol. The number of allylic oxidation sites excluding steroid dienone is 4. The highest BCUT2D eigenvalue weighted by Gasteiger charge is 2.57. The molecule has 5 N–H and O–H groups in total. The van der Waals surface area contributed by atoms with Crippen LogP contribution in [0.1, 0.15) is 128 Å². The second-order valence-electron chi connectivity index (χ2n) is 18.2. The molecule has 0 aromatic rings. The summed E-state index contributed by atoms with van der Waals surface area (Å²) >= 11 is 0. The van der Waals surface area contributed by atoms with Crippen LogP contribution in [0.5, 0.6) is 0 Å². The van der Waals surface area contributed by atoms with Gasteiger partial charge in [0.2, 0.25) is 0 Å². The summed E-state index contributed by atoms with van der Waals surface area (Å²) in [6, 6.07) is 0. The molecule has 3 rings (SSSR count). The maximum atomic E-state index is 13.6. The maximum absolute atomic E-state index is 13.6. The molecule has 2 unspecified atom stereocenters. The number of carbonyl (C=O) groups excluding carboxylic acids is 3. The van der Waals surface area contributed by atoms with Gasteiger partial charge >= 0.3 is 5.97 Å². The Kier molecular flexibility index (Phi) is 18.4. The van der Waals surface area contributed by atoms with E-state index in [-0.39, 0.29) is 35.9 Å². The summed E-state index contributed by atoms with van der Waals surface area (Å²) in [5, 5.41) is 55.2. The third-order valence-electron chi connectivity index (χ3n) is 13.6. The highest BCUT2D eigenvalue weighted by atomic mass is 16.7. The van der Waals surface area contributed by atoms with Crippen LogP contribution in [0, 0.1) is 53.3 Å². The van der Waals surface area contributed by atoms with E-state index < -0.39 is 89.0 Å². The van der Waals surface area contributed by atoms with Gasteiger partial charge in [0.1, 0.15) is 17.5 Å². The number of aliphatic hydroxyl groups excluding tert-OH is 4. The summed E-state index contributed by atoms with van der Waals surface area (Å²) < 4.78 is 20.3. The Morgan fingerprint density at radius 3 is 2.09 bits per heavy atom. The summed E-state index contributed by atoms with van der Waals surface area (Å²) in [6.45, 7) is 19.2. The van der Waals surface area contributed by atoms with Crippen molar-refractivity contribution in [3.63, 3.8) is 0 Å². The first-order chi connectivity index (χ1) is 26.6. The van der Waals surface area contributed by atoms with Crippen LogP contribution >= 0.6 is 0 Å². The van der Waals surface area contributed by atoms with E-state index in [0.29, 0.717) is 32.1 Å². The molecule has 0 saturated carbocycles. The lowest BCUT2D eigenvalue weighted by molar-refractivity contribution is -0.374. The number of ether oxygens (including phenoxy) is 3. The van der Waals surface area contributed by atoms with Crippen molar-refractivity contribution in [1.82, 2.24) is 0 Å². The fraction of sp³-hybridized carbons (Fsp3) is 0.804. The van der Waals surface area contributed by atoms with Crippen LogP contribution in [0.15, 0.2) is 36.5 Å². The van der Waals surface area contributed by atoms with Crippen LogP contribution in [0.2, 0.25) is 0 Å². The summed E-state index contributed by atoms with van der Waals surface area (Å²) in [5.41, 5.74) is -2.18. The summed E-state index contributed by atoms with van der Waals surface area (Å²) in [5.74, 6) is -7.21. The molecule has 0 aromatic carbocycles. The fourth-order valence-corrected chi connectivity index (χ4v) is 9.37. The number of esters is 1. The first kappa shape index (κ1) is 49.1. The molecule has 18 atom stereocenters. The van der Waals surface area contributed by atoms with Crippen molar-refractivity contribution in [3.05, 3.63) is 36.5 Å². The van der Waals surface area contributed by atoms with Crippen molar-refractivity contribution in [2.24, 2.45) is 53.3 Å². The number of carbonyl (C=O) groups is 3. The van der Waals surface area contributed by atoms with Crippen molar-refractivity contribution >= 4 is 17.5 Å². The van der Waals surface area contributed by atoms with Gasteiger partial charge < -0.3 is 39.7 Å². The molecular formula is C46H76O11. The molecule has 1 spiro atoms. The Morgan fingerprint density at radius 2 is 1.47 bits per heavy atom. The number of aliphatic hydroxyl groups is 5. The normalized spacial score (nSPS) is 46.2. The van der Waals surface area contributed by atoms with Gasteiger partial charge in [-0.15, -0.1) is 0 Å². The average Bonchev–Trinajstić information content (AvgIpc) is 3.17. The van der Waals surface area contributed by atoms with Gasteiger partial charge in [0.15, 0.2) is 11.6 Å². The lowest BCUT2D eigenvalue weighted by atomic mass is 9.73. The zero-order valence-corrected chi connectivity index (χ0v) is 36.5. The van der Waals surface area contributed by atoms with Gasteiger partial charge in [-0.25, -0.2) is 4.79 Å². The van der Waals surface area contributed by atoms with Gasteiger partial charge in [-0.3, -0.25) is 9.59 Å². The molecule has 57 heavy (non-hydrogen) atoms. The average molecular weight is 805 g/mol. The van der Waals surface area contributed by atoms with E-state index in [2.05, 4.69) is 26.8 Å². The predicted octanol–water partition coefficient (Wildman–Crippen LogP) is 6.27. The van der Waals surface area contributed by atoms with Crippen molar-refractivity contribution in [2.75, 3.05) is 0 Å². The van der Waals surface area contributed by atoms with Crippen LogP contribution in [0.25, 0.3) is 0 Å². The minimum absolute atomic E-state index is 0.163. The maximum Gasteiger partial charge on any atom is 0.330 e. The Morgan fingerprint density at radius 1 is 0.825 bits per heavy atom. The van der Waals surface area contributed by atoms with E-state index in [0.717, 1.165) is 19.3 Å². The lowest BCUT2D eigenvalue weighted by Crippen LogP contribution is -2.63. The number of fused-ring (bicyclic) bond motifs is 2. The van der Waals surface area contributed by atoms with Gasteiger partial charge in [0.05, 0.1) is 42.5 Å². The minimum atomic E-state index is -2.18. The van der Waals surface area contributed by atoms with Crippen molar-refractivity contribution in [3.8, 4) is 0 Å². The SMILES string of the molecule is CC[C@@H]1/C=C/C=C/C[C@H](C)[C@@H](O)[C@](C)(O)C(=O)[C@H](C)[C@@H](O)[C@H](C)C(=O)[C@H](C)[C@@H](O)[C@H](C)/C=C/C(=O)O[C@H]2[C@@H](C)[C@@H](CC1)OC1(CC[C@@H](C)C(C[C@H](C)O)O1)[C@@H]2CC. The highest BCUT2D eigenvalue weighted by Crippen LogP contribution is 2.50. The van der Waals surface area contributed by atoms with E-state index in [1.54, 1.807) is 27.7 Å². The molecule has 0 radical (unpaired) electrons. The van der Waals surface area contributed by atoms with E-state index >= 15 is 0 Å². The molecule has 0 aromatic heterocycles. The molecule has 11 heteroatoms. The molecule has 2 saturated heterocycles. The van der Waals surface area contributed by atoms with Gasteiger partial charge in [-0.05, 0) is 76.5 Å². The Bertz CT molecular complexity index is 1400. The number of hydrogen-bond donors (Lipinski definition) is 5. The van der Waals surface area contributed by atoms with Gasteiger partial charge in [0.25, 0.3) is 0 Å². The molecule has 3 heterocycles. The number of hydrogen-bond acceptors (Lipinski definition) is 11. The van der Waals surface area contributed by atoms with E-state index in [9.17, 15) is 39.9 Å². The zero-order valence-electron chi connectivity index (χ0n) is 36.5. The van der Waals surface area contributed by atoms with Crippen molar-refractivity contribution in [2.45, 2.75) is 182 Å². The summed E-state index contributed by atoms with van der Waals surface area (Å²) in [4.78, 5) is 40.7. The van der Waals surface area contributed by atoms with E-state index in [4.69, 9.17) is 14.2 Å². The van der Waals surface area contributed by atoms with E-state index in [1.807, 2.05) is 25.2 Å². The third kappa shape index (κ3) is 12.0. The summed E-state index contributed by atoms with van der Waals surface area (Å²) in [6.07, 6.45) is 10.3. The van der Waals surface area contributed by atoms with Crippen molar-refractivity contribution in [1.29, 1.82) is 0 Å². The molecule has 0 aliphatic carbocycles. The number of rotatable bonds is 4. The smallest absolute Gasteiger partial charge is 0.330 e. The highest BCUT2D eigenvalue weighted by molar-refractivity contribution is 5.91. The van der Waals surface area contributed by atoms with Crippen LogP contribution in [-0.2, 0) is 28.6 Å². The topological polar surface area (TPSA) is 180 Å². The number of ketones is 2. The first-order valence-corrected chi connectivity index (χ1v) is 21.7. The molecule has 2 bridgehead atoms. The number of Topliss-reactive ketones (excluding diaryl/α,β-unsaturated/α-hetero) is 2. The molecule has 11 nitrogen and oxygen atoms in total. The Labute approximate surface area is 342 Å². The lowest BCUT2D eigenvalue weighted by Gasteiger charge is -2.56.